The van der Waals surface area contributed by atoms with Crippen LogP contribution in [0.25, 0.3) is 0 Å². The number of Topliss-reactive ketones (excluding diaryl/α,β-unsaturated/α-hetero) is 1. The minimum Gasteiger partial charge on any atom is -0.466 e. The number of ether oxygens (including phenoxy) is 1. The number of esters is 1. The summed E-state index contributed by atoms with van der Waals surface area (Å²) in [6.07, 6.45) is 0.199. The number of hydrogen-bond donors (Lipinski definition) is 0. The summed E-state index contributed by atoms with van der Waals surface area (Å²) in [5.41, 5.74) is 0. The van der Waals surface area contributed by atoms with Gasteiger partial charge in [0.1, 0.15) is 5.78 Å². The molecule has 0 bridgehead atoms. The molecule has 0 saturated carbocycles. The Kier molecular flexibility index (Phi) is 5.35. The number of hydrogen-bond acceptors (Lipinski definition) is 3. The highest BCUT2D eigenvalue weighted by molar-refractivity contribution is 5.86. The van der Waals surface area contributed by atoms with E-state index >= 15 is 0 Å². The zero-order valence-corrected chi connectivity index (χ0v) is 8.79. The Balaban J connectivity index is 3.92. The van der Waals surface area contributed by atoms with E-state index in [4.69, 9.17) is 4.74 Å². The summed E-state index contributed by atoms with van der Waals surface area (Å²) in [6, 6.07) is 0. The van der Waals surface area contributed by atoms with Gasteiger partial charge in [0, 0.05) is 11.8 Å². The van der Waals surface area contributed by atoms with E-state index in [1.807, 2.05) is 13.8 Å². The summed E-state index contributed by atoms with van der Waals surface area (Å²) < 4.78 is 4.75. The molecule has 0 radical (unpaired) electrons. The molecule has 0 aliphatic rings. The molecule has 0 saturated heterocycles. The van der Waals surface area contributed by atoms with E-state index in [-0.39, 0.29) is 30.0 Å². The average Bonchev–Trinajstić information content (AvgIpc) is 2.03. The first-order chi connectivity index (χ1) is 5.99. The van der Waals surface area contributed by atoms with Crippen molar-refractivity contribution in [3.8, 4) is 0 Å². The van der Waals surface area contributed by atoms with Crippen LogP contribution in [-0.2, 0) is 14.3 Å². The molecule has 0 spiro atoms. The van der Waals surface area contributed by atoms with Crippen molar-refractivity contribution in [3.63, 3.8) is 0 Å². The zero-order valence-electron chi connectivity index (χ0n) is 8.79. The van der Waals surface area contributed by atoms with Crippen LogP contribution in [0.1, 0.15) is 34.1 Å². The van der Waals surface area contributed by atoms with Crippen LogP contribution in [0.5, 0.6) is 0 Å². The van der Waals surface area contributed by atoms with Crippen LogP contribution in [0.4, 0.5) is 0 Å². The molecule has 3 heteroatoms. The Bertz CT molecular complexity index is 185. The molecule has 0 heterocycles. The van der Waals surface area contributed by atoms with Crippen molar-refractivity contribution in [2.24, 2.45) is 11.8 Å². The molecule has 76 valence electrons. The van der Waals surface area contributed by atoms with Crippen molar-refractivity contribution in [2.75, 3.05) is 6.61 Å². The lowest BCUT2D eigenvalue weighted by molar-refractivity contribution is -0.146. The maximum atomic E-state index is 11.4. The van der Waals surface area contributed by atoms with Crippen molar-refractivity contribution in [3.05, 3.63) is 0 Å². The second kappa shape index (κ2) is 5.73. The van der Waals surface area contributed by atoms with E-state index in [2.05, 4.69) is 0 Å². The Morgan fingerprint density at radius 3 is 2.15 bits per heavy atom. The van der Waals surface area contributed by atoms with E-state index in [9.17, 15) is 9.59 Å². The monoisotopic (exact) mass is 186 g/mol. The maximum absolute atomic E-state index is 11.4. The normalized spacial score (nSPS) is 12.7. The Hall–Kier alpha value is -0.860. The van der Waals surface area contributed by atoms with Crippen LogP contribution in [0.2, 0.25) is 0 Å². The molecule has 3 nitrogen and oxygen atoms in total. The van der Waals surface area contributed by atoms with E-state index in [1.165, 1.54) is 0 Å². The van der Waals surface area contributed by atoms with Gasteiger partial charge in [-0.25, -0.2) is 0 Å². The molecule has 0 amide bonds. The first-order valence-corrected chi connectivity index (χ1v) is 4.68. The number of carbonyl (C=O) groups is 2. The van der Waals surface area contributed by atoms with Gasteiger partial charge in [0.25, 0.3) is 0 Å². The third-order valence-corrected chi connectivity index (χ3v) is 1.83. The van der Waals surface area contributed by atoms with Gasteiger partial charge in [-0.05, 0) is 6.92 Å². The van der Waals surface area contributed by atoms with Crippen molar-refractivity contribution in [2.45, 2.75) is 34.1 Å². The molecule has 0 unspecified atom stereocenters. The molecule has 0 aromatic heterocycles. The van der Waals surface area contributed by atoms with Gasteiger partial charge in [-0.3, -0.25) is 9.59 Å². The van der Waals surface area contributed by atoms with E-state index < -0.39 is 0 Å². The Morgan fingerprint density at radius 1 is 1.23 bits per heavy atom. The van der Waals surface area contributed by atoms with Crippen molar-refractivity contribution in [1.29, 1.82) is 0 Å². The molecule has 0 aliphatic carbocycles. The van der Waals surface area contributed by atoms with Gasteiger partial charge in [-0.15, -0.1) is 0 Å². The largest absolute Gasteiger partial charge is 0.466 e. The summed E-state index contributed by atoms with van der Waals surface area (Å²) >= 11 is 0. The highest BCUT2D eigenvalue weighted by Gasteiger charge is 2.19. The van der Waals surface area contributed by atoms with Crippen LogP contribution in [-0.4, -0.2) is 18.4 Å². The van der Waals surface area contributed by atoms with Crippen LogP contribution in [0.15, 0.2) is 0 Å². The summed E-state index contributed by atoms with van der Waals surface area (Å²) in [4.78, 5) is 22.4. The predicted molar refractivity (Wildman–Crippen MR) is 50.3 cm³/mol. The SMILES string of the molecule is CCOC(=O)C[C@H](C)C(=O)C(C)C. The predicted octanol–water partition coefficient (Wildman–Crippen LogP) is 1.80. The third kappa shape index (κ3) is 4.65. The topological polar surface area (TPSA) is 43.4 Å². The fourth-order valence-electron chi connectivity index (χ4n) is 1.14. The minimum atomic E-state index is -0.288. The fourth-order valence-corrected chi connectivity index (χ4v) is 1.14. The van der Waals surface area contributed by atoms with Crippen LogP contribution in [0, 0.1) is 11.8 Å². The lowest BCUT2D eigenvalue weighted by Gasteiger charge is -2.11. The van der Waals surface area contributed by atoms with Crippen molar-refractivity contribution in [1.82, 2.24) is 0 Å². The van der Waals surface area contributed by atoms with E-state index in [1.54, 1.807) is 13.8 Å². The molecule has 0 fully saturated rings. The highest BCUT2D eigenvalue weighted by Crippen LogP contribution is 2.10. The van der Waals surface area contributed by atoms with E-state index in [0.29, 0.717) is 6.61 Å². The van der Waals surface area contributed by atoms with Crippen LogP contribution >= 0.6 is 0 Å². The summed E-state index contributed by atoms with van der Waals surface area (Å²) in [5, 5.41) is 0. The number of carbonyl (C=O) groups excluding carboxylic acids is 2. The van der Waals surface area contributed by atoms with Gasteiger partial charge in [0.15, 0.2) is 0 Å². The molecular weight excluding hydrogens is 168 g/mol. The molecule has 1 atom stereocenters. The van der Waals surface area contributed by atoms with Crippen molar-refractivity contribution >= 4 is 11.8 Å². The van der Waals surface area contributed by atoms with Crippen molar-refractivity contribution < 1.29 is 14.3 Å². The number of ketones is 1. The zero-order chi connectivity index (χ0) is 10.4. The minimum absolute atomic E-state index is 0.00979. The first-order valence-electron chi connectivity index (χ1n) is 4.68. The second-order valence-electron chi connectivity index (χ2n) is 3.47. The number of rotatable bonds is 5. The molecular formula is C10H18O3. The van der Waals surface area contributed by atoms with Gasteiger partial charge in [0.05, 0.1) is 13.0 Å². The van der Waals surface area contributed by atoms with Crippen LogP contribution < -0.4 is 0 Å². The van der Waals surface area contributed by atoms with Gasteiger partial charge in [-0.1, -0.05) is 20.8 Å². The van der Waals surface area contributed by atoms with E-state index in [0.717, 1.165) is 0 Å². The average molecular weight is 186 g/mol. The molecule has 0 rings (SSSR count). The lowest BCUT2D eigenvalue weighted by atomic mass is 9.94. The molecule has 13 heavy (non-hydrogen) atoms. The quantitative estimate of drug-likeness (QED) is 0.615. The summed E-state index contributed by atoms with van der Waals surface area (Å²) in [6.45, 7) is 7.57. The standard InChI is InChI=1S/C10H18O3/c1-5-13-9(11)6-8(4)10(12)7(2)3/h7-8H,5-6H2,1-4H3/t8-/m0/s1. The lowest BCUT2D eigenvalue weighted by Crippen LogP contribution is -2.21. The Morgan fingerprint density at radius 2 is 1.77 bits per heavy atom. The molecule has 0 aromatic carbocycles. The second-order valence-corrected chi connectivity index (χ2v) is 3.47. The molecule has 0 aliphatic heterocycles. The van der Waals surface area contributed by atoms with Gasteiger partial charge < -0.3 is 4.74 Å². The Labute approximate surface area is 79.5 Å². The maximum Gasteiger partial charge on any atom is 0.306 e. The first kappa shape index (κ1) is 12.1. The highest BCUT2D eigenvalue weighted by atomic mass is 16.5. The van der Waals surface area contributed by atoms with Gasteiger partial charge in [0.2, 0.25) is 0 Å². The summed E-state index contributed by atoms with van der Waals surface area (Å²) in [5.74, 6) is -0.402. The third-order valence-electron chi connectivity index (χ3n) is 1.83. The molecule has 0 aromatic rings. The van der Waals surface area contributed by atoms with Crippen LogP contribution in [0.3, 0.4) is 0 Å². The summed E-state index contributed by atoms with van der Waals surface area (Å²) in [7, 11) is 0. The van der Waals surface area contributed by atoms with Gasteiger partial charge in [-0.2, -0.15) is 0 Å². The van der Waals surface area contributed by atoms with Gasteiger partial charge >= 0.3 is 5.97 Å². The fraction of sp³-hybridized carbons (Fsp3) is 0.800. The smallest absolute Gasteiger partial charge is 0.306 e. The molecule has 0 N–H and O–H groups in total.